The van der Waals surface area contributed by atoms with E-state index in [0.29, 0.717) is 22.1 Å². The first kappa shape index (κ1) is 14.8. The summed E-state index contributed by atoms with van der Waals surface area (Å²) in [5.74, 6) is 0.440. The van der Waals surface area contributed by atoms with Crippen molar-refractivity contribution in [1.29, 1.82) is 0 Å². The van der Waals surface area contributed by atoms with Gasteiger partial charge >= 0.3 is 0 Å². The molecular weight excluding hydrogens is 342 g/mol. The van der Waals surface area contributed by atoms with Crippen molar-refractivity contribution in [3.8, 4) is 0 Å². The molecule has 0 radical (unpaired) electrons. The highest BCUT2D eigenvalue weighted by molar-refractivity contribution is 9.10. The Bertz CT molecular complexity index is 661. The molecule has 6 heteroatoms. The van der Waals surface area contributed by atoms with E-state index in [2.05, 4.69) is 31.5 Å². The molecule has 4 nitrogen and oxygen atoms in total. The van der Waals surface area contributed by atoms with Gasteiger partial charge in [-0.05, 0) is 53.2 Å². The first-order chi connectivity index (χ1) is 9.49. The molecule has 104 valence electrons. The van der Waals surface area contributed by atoms with Crippen molar-refractivity contribution in [2.45, 2.75) is 6.92 Å². The SMILES string of the molecule is CNc1cc(C(=O)Nc2cc(Cl)ccc2Br)cc(C)n1. The van der Waals surface area contributed by atoms with Crippen molar-refractivity contribution in [3.05, 3.63) is 51.1 Å². The Hall–Kier alpha value is -1.59. The summed E-state index contributed by atoms with van der Waals surface area (Å²) in [7, 11) is 1.76. The van der Waals surface area contributed by atoms with Gasteiger partial charge in [0.25, 0.3) is 5.91 Å². The van der Waals surface area contributed by atoms with Crippen LogP contribution in [0.5, 0.6) is 0 Å². The van der Waals surface area contributed by atoms with E-state index in [4.69, 9.17) is 11.6 Å². The van der Waals surface area contributed by atoms with Crippen molar-refractivity contribution in [3.63, 3.8) is 0 Å². The molecule has 0 saturated heterocycles. The number of nitrogens with zero attached hydrogens (tertiary/aromatic N) is 1. The Morgan fingerprint density at radius 2 is 2.05 bits per heavy atom. The summed E-state index contributed by atoms with van der Waals surface area (Å²) >= 11 is 9.30. The van der Waals surface area contributed by atoms with Gasteiger partial charge < -0.3 is 10.6 Å². The Kier molecular flexibility index (Phi) is 4.62. The maximum atomic E-state index is 12.3. The molecule has 0 fully saturated rings. The third kappa shape index (κ3) is 3.49. The maximum Gasteiger partial charge on any atom is 0.255 e. The smallest absolute Gasteiger partial charge is 0.255 e. The van der Waals surface area contributed by atoms with Crippen LogP contribution < -0.4 is 10.6 Å². The molecule has 1 amide bonds. The average molecular weight is 355 g/mol. The van der Waals surface area contributed by atoms with Crippen molar-refractivity contribution >= 4 is 44.9 Å². The average Bonchev–Trinajstić information content (AvgIpc) is 2.42. The van der Waals surface area contributed by atoms with Gasteiger partial charge in [0.2, 0.25) is 0 Å². The quantitative estimate of drug-likeness (QED) is 0.872. The number of halogens is 2. The molecule has 1 aromatic carbocycles. The van der Waals surface area contributed by atoms with Crippen LogP contribution in [0.4, 0.5) is 11.5 Å². The summed E-state index contributed by atoms with van der Waals surface area (Å²) in [6.45, 7) is 1.84. The number of anilines is 2. The van der Waals surface area contributed by atoms with Crippen LogP contribution in [-0.2, 0) is 0 Å². The van der Waals surface area contributed by atoms with Crippen LogP contribution >= 0.6 is 27.5 Å². The molecule has 0 saturated carbocycles. The number of amides is 1. The second-order valence-corrected chi connectivity index (χ2v) is 5.50. The monoisotopic (exact) mass is 353 g/mol. The highest BCUT2D eigenvalue weighted by atomic mass is 79.9. The van der Waals surface area contributed by atoms with Crippen molar-refractivity contribution in [2.75, 3.05) is 17.7 Å². The van der Waals surface area contributed by atoms with Crippen molar-refractivity contribution in [1.82, 2.24) is 4.98 Å². The van der Waals surface area contributed by atoms with E-state index < -0.39 is 0 Å². The molecule has 2 N–H and O–H groups in total. The highest BCUT2D eigenvalue weighted by Crippen LogP contribution is 2.26. The van der Waals surface area contributed by atoms with Gasteiger partial charge in [-0.15, -0.1) is 0 Å². The van der Waals surface area contributed by atoms with E-state index in [9.17, 15) is 4.79 Å². The second kappa shape index (κ2) is 6.24. The van der Waals surface area contributed by atoms with Gasteiger partial charge in [0, 0.05) is 27.8 Å². The fourth-order valence-electron chi connectivity index (χ4n) is 1.72. The third-order valence-electron chi connectivity index (χ3n) is 2.65. The minimum atomic E-state index is -0.213. The maximum absolute atomic E-state index is 12.3. The molecule has 0 bridgehead atoms. The predicted molar refractivity (Wildman–Crippen MR) is 85.6 cm³/mol. The highest BCUT2D eigenvalue weighted by Gasteiger charge is 2.10. The number of hydrogen-bond acceptors (Lipinski definition) is 3. The summed E-state index contributed by atoms with van der Waals surface area (Å²) in [5.41, 5.74) is 1.93. The van der Waals surface area contributed by atoms with Crippen LogP contribution in [0.1, 0.15) is 16.1 Å². The summed E-state index contributed by atoms with van der Waals surface area (Å²) in [6.07, 6.45) is 0. The topological polar surface area (TPSA) is 54.0 Å². The number of pyridine rings is 1. The molecule has 0 spiro atoms. The predicted octanol–water partition coefficient (Wildman–Crippen LogP) is 4.10. The van der Waals surface area contributed by atoms with E-state index >= 15 is 0 Å². The lowest BCUT2D eigenvalue weighted by Gasteiger charge is -2.09. The van der Waals surface area contributed by atoms with E-state index in [-0.39, 0.29) is 5.91 Å². The van der Waals surface area contributed by atoms with Gasteiger partial charge in [0.05, 0.1) is 5.69 Å². The molecule has 1 aromatic heterocycles. The molecule has 2 aromatic rings. The molecule has 0 aliphatic carbocycles. The van der Waals surface area contributed by atoms with Crippen molar-refractivity contribution in [2.24, 2.45) is 0 Å². The molecule has 0 aliphatic heterocycles. The van der Waals surface area contributed by atoms with E-state index in [1.54, 1.807) is 37.4 Å². The summed E-state index contributed by atoms with van der Waals surface area (Å²) in [5, 5.41) is 6.31. The molecule has 0 atom stereocenters. The minimum Gasteiger partial charge on any atom is -0.373 e. The lowest BCUT2D eigenvalue weighted by Crippen LogP contribution is -2.13. The number of hydrogen-bond donors (Lipinski definition) is 2. The number of benzene rings is 1. The lowest BCUT2D eigenvalue weighted by atomic mass is 10.2. The Morgan fingerprint density at radius 1 is 1.30 bits per heavy atom. The van der Waals surface area contributed by atoms with Gasteiger partial charge in [0.1, 0.15) is 5.82 Å². The standard InChI is InChI=1S/C14H13BrClN3O/c1-8-5-9(6-13(17-2)18-8)14(20)19-12-7-10(16)3-4-11(12)15/h3-7H,1-2H3,(H,17,18)(H,19,20). The first-order valence-electron chi connectivity index (χ1n) is 5.92. The van der Waals surface area contributed by atoms with Gasteiger partial charge in [-0.3, -0.25) is 4.79 Å². The molecule has 0 aliphatic rings. The molecule has 20 heavy (non-hydrogen) atoms. The minimum absolute atomic E-state index is 0.213. The zero-order valence-electron chi connectivity index (χ0n) is 11.0. The number of aryl methyl sites for hydroxylation is 1. The van der Waals surface area contributed by atoms with Gasteiger partial charge in [-0.2, -0.15) is 0 Å². The van der Waals surface area contributed by atoms with Crippen LogP contribution in [-0.4, -0.2) is 17.9 Å². The Morgan fingerprint density at radius 3 is 2.75 bits per heavy atom. The van der Waals surface area contributed by atoms with Gasteiger partial charge in [-0.25, -0.2) is 4.98 Å². The fraction of sp³-hybridized carbons (Fsp3) is 0.143. The molecule has 0 unspecified atom stereocenters. The number of carbonyl (C=O) groups excluding carboxylic acids is 1. The van der Waals surface area contributed by atoms with Crippen LogP contribution in [0.25, 0.3) is 0 Å². The van der Waals surface area contributed by atoms with Crippen LogP contribution in [0.3, 0.4) is 0 Å². The zero-order chi connectivity index (χ0) is 14.7. The second-order valence-electron chi connectivity index (χ2n) is 4.21. The zero-order valence-corrected chi connectivity index (χ0v) is 13.3. The summed E-state index contributed by atoms with van der Waals surface area (Å²) in [4.78, 5) is 16.5. The van der Waals surface area contributed by atoms with E-state index in [1.165, 1.54) is 0 Å². The Balaban J connectivity index is 2.28. The first-order valence-corrected chi connectivity index (χ1v) is 7.09. The summed E-state index contributed by atoms with van der Waals surface area (Å²) in [6, 6.07) is 8.65. The Labute approximate surface area is 130 Å². The fourth-order valence-corrected chi connectivity index (χ4v) is 2.23. The number of nitrogens with one attached hydrogen (secondary N) is 2. The molecule has 2 rings (SSSR count). The van der Waals surface area contributed by atoms with E-state index in [1.807, 2.05) is 6.92 Å². The normalized spacial score (nSPS) is 10.2. The van der Waals surface area contributed by atoms with Crippen LogP contribution in [0.2, 0.25) is 5.02 Å². The van der Waals surface area contributed by atoms with E-state index in [0.717, 1.165) is 10.2 Å². The van der Waals surface area contributed by atoms with Gasteiger partial charge in [0.15, 0.2) is 0 Å². The van der Waals surface area contributed by atoms with Crippen molar-refractivity contribution < 1.29 is 4.79 Å². The molecule has 1 heterocycles. The van der Waals surface area contributed by atoms with Gasteiger partial charge in [-0.1, -0.05) is 11.6 Å². The third-order valence-corrected chi connectivity index (χ3v) is 3.57. The molecular formula is C14H13BrClN3O. The summed E-state index contributed by atoms with van der Waals surface area (Å²) < 4.78 is 0.773. The van der Waals surface area contributed by atoms with Crippen LogP contribution in [0, 0.1) is 6.92 Å². The lowest BCUT2D eigenvalue weighted by molar-refractivity contribution is 0.102. The number of rotatable bonds is 3. The largest absolute Gasteiger partial charge is 0.373 e. The number of aromatic nitrogens is 1. The van der Waals surface area contributed by atoms with Crippen LogP contribution in [0.15, 0.2) is 34.8 Å². The number of carbonyl (C=O) groups is 1.